The minimum atomic E-state index is -0.747. The molecule has 1 aromatic rings. The van der Waals surface area contributed by atoms with E-state index in [4.69, 9.17) is 4.74 Å². The second-order valence-corrected chi connectivity index (χ2v) is 6.66. The van der Waals surface area contributed by atoms with E-state index in [2.05, 4.69) is 10.6 Å². The van der Waals surface area contributed by atoms with Crippen LogP contribution in [-0.2, 0) is 14.3 Å². The zero-order valence-electron chi connectivity index (χ0n) is 12.8. The van der Waals surface area contributed by atoms with Crippen LogP contribution in [0.3, 0.4) is 0 Å². The maximum atomic E-state index is 12.0. The van der Waals surface area contributed by atoms with Crippen LogP contribution < -0.4 is 10.6 Å². The van der Waals surface area contributed by atoms with Gasteiger partial charge in [-0.25, -0.2) is 4.79 Å². The highest BCUT2D eigenvalue weighted by molar-refractivity contribution is 7.18. The topological polar surface area (TPSA) is 84.5 Å². The number of nitrogens with one attached hydrogen (secondary N) is 2. The minimum absolute atomic E-state index is 0.203. The first-order valence-electron chi connectivity index (χ1n) is 6.49. The van der Waals surface area contributed by atoms with Gasteiger partial charge in [-0.3, -0.25) is 9.59 Å². The predicted molar refractivity (Wildman–Crippen MR) is 81.4 cm³/mol. The Balaban J connectivity index is 2.62. The van der Waals surface area contributed by atoms with Gasteiger partial charge in [0.05, 0.1) is 9.88 Å². The molecule has 0 aromatic carbocycles. The fourth-order valence-electron chi connectivity index (χ4n) is 1.42. The van der Waals surface area contributed by atoms with Crippen molar-refractivity contribution < 1.29 is 19.1 Å². The Morgan fingerprint density at radius 2 is 1.86 bits per heavy atom. The number of carbonyl (C=O) groups is 3. The van der Waals surface area contributed by atoms with E-state index in [1.54, 1.807) is 39.8 Å². The Hall–Kier alpha value is -1.89. The van der Waals surface area contributed by atoms with Crippen molar-refractivity contribution in [3.63, 3.8) is 0 Å². The molecule has 0 saturated carbocycles. The summed E-state index contributed by atoms with van der Waals surface area (Å²) in [5.74, 6) is -1.07. The molecule has 0 aliphatic heterocycles. The summed E-state index contributed by atoms with van der Waals surface area (Å²) in [5.41, 5.74) is -0.600. The summed E-state index contributed by atoms with van der Waals surface area (Å²) in [6, 6.07) is 2.48. The molecule has 0 saturated heterocycles. The molecule has 21 heavy (non-hydrogen) atoms. The van der Waals surface area contributed by atoms with Gasteiger partial charge in [-0.15, -0.1) is 11.3 Å². The maximum absolute atomic E-state index is 12.0. The van der Waals surface area contributed by atoms with E-state index < -0.39 is 17.6 Å². The molecule has 1 rings (SSSR count). The SMILES string of the molecule is CC(=O)Nc1ccc(C(=O)N[C@@H](C)C(=O)OC(C)(C)C)s1. The lowest BCUT2D eigenvalue weighted by Crippen LogP contribution is -2.42. The molecule has 7 heteroatoms. The van der Waals surface area contributed by atoms with Crippen molar-refractivity contribution in [1.82, 2.24) is 5.32 Å². The number of esters is 1. The lowest BCUT2D eigenvalue weighted by atomic mass is 10.2. The van der Waals surface area contributed by atoms with Crippen molar-refractivity contribution in [2.45, 2.75) is 46.3 Å². The van der Waals surface area contributed by atoms with E-state index in [1.165, 1.54) is 6.92 Å². The van der Waals surface area contributed by atoms with E-state index >= 15 is 0 Å². The third kappa shape index (κ3) is 5.95. The van der Waals surface area contributed by atoms with Crippen LogP contribution in [0.1, 0.15) is 44.3 Å². The lowest BCUT2D eigenvalue weighted by Gasteiger charge is -2.22. The second-order valence-electron chi connectivity index (χ2n) is 5.57. The van der Waals surface area contributed by atoms with Crippen LogP contribution in [0.5, 0.6) is 0 Å². The Kier molecular flexibility index (Phi) is 5.48. The van der Waals surface area contributed by atoms with Gasteiger partial charge in [0.1, 0.15) is 11.6 Å². The molecular weight excluding hydrogens is 292 g/mol. The van der Waals surface area contributed by atoms with Crippen molar-refractivity contribution in [1.29, 1.82) is 0 Å². The van der Waals surface area contributed by atoms with Gasteiger partial charge >= 0.3 is 5.97 Å². The van der Waals surface area contributed by atoms with Gasteiger partial charge in [0.2, 0.25) is 5.91 Å². The van der Waals surface area contributed by atoms with Gasteiger partial charge in [-0.1, -0.05) is 0 Å². The van der Waals surface area contributed by atoms with Crippen molar-refractivity contribution in [2.24, 2.45) is 0 Å². The van der Waals surface area contributed by atoms with E-state index in [0.717, 1.165) is 11.3 Å². The molecule has 0 aliphatic carbocycles. The maximum Gasteiger partial charge on any atom is 0.328 e. The van der Waals surface area contributed by atoms with E-state index in [1.807, 2.05) is 0 Å². The van der Waals surface area contributed by atoms with Crippen LogP contribution in [0.2, 0.25) is 0 Å². The number of hydrogen-bond donors (Lipinski definition) is 2. The van der Waals surface area contributed by atoms with Crippen LogP contribution in [0.25, 0.3) is 0 Å². The smallest absolute Gasteiger partial charge is 0.328 e. The number of hydrogen-bond acceptors (Lipinski definition) is 5. The molecule has 0 radical (unpaired) electrons. The lowest BCUT2D eigenvalue weighted by molar-refractivity contribution is -0.156. The molecule has 6 nitrogen and oxygen atoms in total. The van der Waals surface area contributed by atoms with Gasteiger partial charge in [-0.2, -0.15) is 0 Å². The molecule has 1 atom stereocenters. The Labute approximate surface area is 127 Å². The molecule has 0 spiro atoms. The van der Waals surface area contributed by atoms with Crippen LogP contribution >= 0.6 is 11.3 Å². The normalized spacial score (nSPS) is 12.4. The van der Waals surface area contributed by atoms with E-state index in [0.29, 0.717) is 9.88 Å². The summed E-state index contributed by atoms with van der Waals surface area (Å²) in [6.45, 7) is 8.24. The minimum Gasteiger partial charge on any atom is -0.458 e. The molecule has 116 valence electrons. The third-order valence-corrected chi connectivity index (χ3v) is 3.24. The molecule has 0 bridgehead atoms. The molecule has 1 aromatic heterocycles. The first-order valence-corrected chi connectivity index (χ1v) is 7.31. The van der Waals surface area contributed by atoms with Gasteiger partial charge in [0, 0.05) is 6.92 Å². The van der Waals surface area contributed by atoms with Crippen molar-refractivity contribution >= 4 is 34.1 Å². The zero-order valence-corrected chi connectivity index (χ0v) is 13.6. The number of rotatable bonds is 4. The van der Waals surface area contributed by atoms with Crippen molar-refractivity contribution in [2.75, 3.05) is 5.32 Å². The highest BCUT2D eigenvalue weighted by atomic mass is 32.1. The molecule has 2 amide bonds. The largest absolute Gasteiger partial charge is 0.458 e. The van der Waals surface area contributed by atoms with Crippen molar-refractivity contribution in [3.8, 4) is 0 Å². The zero-order chi connectivity index (χ0) is 16.2. The first-order chi connectivity index (χ1) is 9.58. The number of ether oxygens (including phenoxy) is 1. The van der Waals surface area contributed by atoms with Crippen LogP contribution in [-0.4, -0.2) is 29.4 Å². The monoisotopic (exact) mass is 312 g/mol. The molecular formula is C14H20N2O4S. The summed E-state index contributed by atoms with van der Waals surface area (Å²) in [4.78, 5) is 35.1. The fraction of sp³-hybridized carbons (Fsp3) is 0.500. The van der Waals surface area contributed by atoms with Gasteiger partial charge in [0.25, 0.3) is 5.91 Å². The molecule has 0 aliphatic rings. The molecule has 0 unspecified atom stereocenters. The summed E-state index contributed by atoms with van der Waals surface area (Å²) in [7, 11) is 0. The highest BCUT2D eigenvalue weighted by Crippen LogP contribution is 2.21. The predicted octanol–water partition coefficient (Wildman–Crippen LogP) is 2.17. The van der Waals surface area contributed by atoms with Crippen LogP contribution in [0.4, 0.5) is 5.00 Å². The number of amides is 2. The summed E-state index contributed by atoms with van der Waals surface area (Å²) in [6.07, 6.45) is 0. The highest BCUT2D eigenvalue weighted by Gasteiger charge is 2.23. The van der Waals surface area contributed by atoms with E-state index in [-0.39, 0.29) is 11.8 Å². The Morgan fingerprint density at radius 1 is 1.24 bits per heavy atom. The summed E-state index contributed by atoms with van der Waals surface area (Å²) in [5, 5.41) is 5.75. The van der Waals surface area contributed by atoms with Gasteiger partial charge in [-0.05, 0) is 39.8 Å². The standard InChI is InChI=1S/C14H20N2O4S/c1-8(13(19)20-14(3,4)5)15-12(18)10-6-7-11(21-10)16-9(2)17/h6-8H,1-5H3,(H,15,18)(H,16,17)/t8-/m0/s1. The molecule has 1 heterocycles. The summed E-state index contributed by atoms with van der Waals surface area (Å²) >= 11 is 1.14. The Bertz CT molecular complexity index is 545. The quantitative estimate of drug-likeness (QED) is 0.834. The first kappa shape index (κ1) is 17.2. The number of thiophene rings is 1. The van der Waals surface area contributed by atoms with Crippen molar-refractivity contribution in [3.05, 3.63) is 17.0 Å². The average molecular weight is 312 g/mol. The number of carbonyl (C=O) groups excluding carboxylic acids is 3. The van der Waals surface area contributed by atoms with E-state index in [9.17, 15) is 14.4 Å². The fourth-order valence-corrected chi connectivity index (χ4v) is 2.27. The second kappa shape index (κ2) is 6.71. The van der Waals surface area contributed by atoms with Gasteiger partial charge in [0.15, 0.2) is 0 Å². The van der Waals surface area contributed by atoms with Crippen LogP contribution in [0.15, 0.2) is 12.1 Å². The molecule has 2 N–H and O–H groups in total. The molecule has 0 fully saturated rings. The average Bonchev–Trinajstić information content (AvgIpc) is 2.74. The third-order valence-electron chi connectivity index (χ3n) is 2.24. The van der Waals surface area contributed by atoms with Gasteiger partial charge < -0.3 is 15.4 Å². The Morgan fingerprint density at radius 3 is 2.38 bits per heavy atom. The van der Waals surface area contributed by atoms with Crippen LogP contribution in [0, 0.1) is 0 Å². The number of anilines is 1. The summed E-state index contributed by atoms with van der Waals surface area (Å²) < 4.78 is 5.19.